The van der Waals surface area contributed by atoms with Gasteiger partial charge < -0.3 is 9.88 Å². The van der Waals surface area contributed by atoms with Crippen LogP contribution in [0.4, 0.5) is 4.39 Å². The molecule has 0 unspecified atom stereocenters. The van der Waals surface area contributed by atoms with Gasteiger partial charge in [-0.25, -0.2) is 9.37 Å². The first-order chi connectivity index (χ1) is 9.78. The number of benzene rings is 1. The Morgan fingerprint density at radius 3 is 2.95 bits per heavy atom. The topological polar surface area (TPSA) is 29.9 Å². The Kier molecular flexibility index (Phi) is 3.83. The lowest BCUT2D eigenvalue weighted by molar-refractivity contribution is 0.587. The number of imidazole rings is 1. The van der Waals surface area contributed by atoms with Gasteiger partial charge in [0.2, 0.25) is 0 Å². The molecule has 1 aromatic carbocycles. The smallest absolute Gasteiger partial charge is 0.139 e. The largest absolute Gasteiger partial charge is 0.331 e. The fourth-order valence-corrected chi connectivity index (χ4v) is 2.36. The van der Waals surface area contributed by atoms with Crippen molar-refractivity contribution in [2.24, 2.45) is 0 Å². The number of nitrogens with zero attached hydrogens (tertiary/aromatic N) is 2. The molecule has 106 valence electrons. The van der Waals surface area contributed by atoms with E-state index in [1.165, 1.54) is 12.8 Å². The van der Waals surface area contributed by atoms with Gasteiger partial charge in [0.25, 0.3) is 0 Å². The number of hydrogen-bond acceptors (Lipinski definition) is 2. The van der Waals surface area contributed by atoms with Crippen LogP contribution in [0.5, 0.6) is 0 Å². The monoisotopic (exact) mass is 273 g/mol. The molecule has 2 aromatic rings. The Morgan fingerprint density at radius 2 is 2.25 bits per heavy atom. The van der Waals surface area contributed by atoms with Gasteiger partial charge in [-0.15, -0.1) is 0 Å². The Bertz CT molecular complexity index is 587. The van der Waals surface area contributed by atoms with Crippen molar-refractivity contribution >= 4 is 0 Å². The lowest BCUT2D eigenvalue weighted by atomic mass is 10.1. The van der Waals surface area contributed by atoms with Crippen LogP contribution < -0.4 is 5.32 Å². The van der Waals surface area contributed by atoms with Gasteiger partial charge in [0, 0.05) is 42.7 Å². The summed E-state index contributed by atoms with van der Waals surface area (Å²) in [5, 5.41) is 3.34. The number of aryl methyl sites for hydroxylation is 1. The van der Waals surface area contributed by atoms with Crippen molar-refractivity contribution in [3.05, 3.63) is 42.0 Å². The molecule has 0 saturated heterocycles. The first-order valence-corrected chi connectivity index (χ1v) is 7.31. The fraction of sp³-hybridized carbons (Fsp3) is 0.438. The third-order valence-electron chi connectivity index (χ3n) is 3.65. The molecule has 3 nitrogen and oxygen atoms in total. The van der Waals surface area contributed by atoms with Gasteiger partial charge in [-0.3, -0.25) is 0 Å². The Hall–Kier alpha value is -1.68. The van der Waals surface area contributed by atoms with Crippen molar-refractivity contribution in [3.63, 3.8) is 0 Å². The molecule has 0 radical (unpaired) electrons. The summed E-state index contributed by atoms with van der Waals surface area (Å²) in [7, 11) is 0. The van der Waals surface area contributed by atoms with Crippen LogP contribution in [0, 0.1) is 5.82 Å². The maximum absolute atomic E-state index is 14.2. The quantitative estimate of drug-likeness (QED) is 0.874. The average Bonchev–Trinajstić information content (AvgIpc) is 3.16. The Balaban J connectivity index is 1.79. The number of nitrogens with one attached hydrogen (secondary N) is 1. The van der Waals surface area contributed by atoms with E-state index in [9.17, 15) is 4.39 Å². The molecule has 0 atom stereocenters. The third kappa shape index (κ3) is 2.90. The van der Waals surface area contributed by atoms with E-state index in [4.69, 9.17) is 0 Å². The van der Waals surface area contributed by atoms with Gasteiger partial charge in [-0.1, -0.05) is 19.1 Å². The molecule has 1 aliphatic rings. The molecule has 0 aliphatic heterocycles. The van der Waals surface area contributed by atoms with Crippen molar-refractivity contribution < 1.29 is 4.39 Å². The molecular weight excluding hydrogens is 253 g/mol. The number of halogens is 1. The zero-order valence-corrected chi connectivity index (χ0v) is 11.8. The van der Waals surface area contributed by atoms with Crippen molar-refractivity contribution in [2.75, 3.05) is 0 Å². The highest BCUT2D eigenvalue weighted by Crippen LogP contribution is 2.23. The van der Waals surface area contributed by atoms with Crippen LogP contribution in [-0.4, -0.2) is 15.6 Å². The molecule has 20 heavy (non-hydrogen) atoms. The summed E-state index contributed by atoms with van der Waals surface area (Å²) < 4.78 is 16.2. The van der Waals surface area contributed by atoms with Gasteiger partial charge in [-0.2, -0.15) is 0 Å². The van der Waals surface area contributed by atoms with Crippen molar-refractivity contribution in [3.8, 4) is 11.4 Å². The van der Waals surface area contributed by atoms with Crippen molar-refractivity contribution in [1.82, 2.24) is 14.9 Å². The first-order valence-electron chi connectivity index (χ1n) is 7.31. The third-order valence-corrected chi connectivity index (χ3v) is 3.65. The average molecular weight is 273 g/mol. The molecule has 4 heteroatoms. The Morgan fingerprint density at radius 1 is 1.40 bits per heavy atom. The van der Waals surface area contributed by atoms with Gasteiger partial charge in [0.1, 0.15) is 11.6 Å². The van der Waals surface area contributed by atoms with E-state index in [2.05, 4.69) is 21.8 Å². The normalized spacial score (nSPS) is 14.7. The van der Waals surface area contributed by atoms with Crippen LogP contribution in [-0.2, 0) is 13.1 Å². The predicted octanol–water partition coefficient (Wildman–Crippen LogP) is 3.35. The summed E-state index contributed by atoms with van der Waals surface area (Å²) in [6, 6.07) is 6.02. The number of rotatable bonds is 6. The Labute approximate surface area is 118 Å². The zero-order valence-electron chi connectivity index (χ0n) is 11.8. The van der Waals surface area contributed by atoms with Crippen molar-refractivity contribution in [1.29, 1.82) is 0 Å². The van der Waals surface area contributed by atoms with E-state index in [1.807, 2.05) is 18.3 Å². The molecule has 0 amide bonds. The summed E-state index contributed by atoms with van der Waals surface area (Å²) >= 11 is 0. The van der Waals surface area contributed by atoms with E-state index in [1.54, 1.807) is 12.3 Å². The molecule has 1 N–H and O–H groups in total. The van der Waals surface area contributed by atoms with Crippen LogP contribution in [0.1, 0.15) is 31.7 Å². The summed E-state index contributed by atoms with van der Waals surface area (Å²) in [6.45, 7) is 3.64. The summed E-state index contributed by atoms with van der Waals surface area (Å²) in [5.74, 6) is 0.689. The lowest BCUT2D eigenvalue weighted by Gasteiger charge is -2.09. The van der Waals surface area contributed by atoms with Gasteiger partial charge >= 0.3 is 0 Å². The van der Waals surface area contributed by atoms with Crippen LogP contribution in [0.2, 0.25) is 0 Å². The molecule has 1 heterocycles. The maximum Gasteiger partial charge on any atom is 0.139 e. The second kappa shape index (κ2) is 5.75. The fourth-order valence-electron chi connectivity index (χ4n) is 2.36. The van der Waals surface area contributed by atoms with Crippen LogP contribution in [0.25, 0.3) is 11.4 Å². The maximum atomic E-state index is 14.2. The SMILES string of the molecule is CCCn1ccnc1-c1ccc(CNC2CC2)c(F)c1. The second-order valence-corrected chi connectivity index (χ2v) is 5.41. The van der Waals surface area contributed by atoms with E-state index >= 15 is 0 Å². The van der Waals surface area contributed by atoms with E-state index in [0.717, 1.165) is 29.9 Å². The first kappa shape index (κ1) is 13.3. The molecular formula is C16H20FN3. The molecule has 3 rings (SSSR count). The van der Waals surface area contributed by atoms with Crippen molar-refractivity contribution in [2.45, 2.75) is 45.3 Å². The minimum atomic E-state index is -0.151. The van der Waals surface area contributed by atoms with Gasteiger partial charge in [0.05, 0.1) is 0 Å². The standard InChI is InChI=1S/C16H20FN3/c1-2-8-20-9-7-18-16(20)12-3-4-13(15(17)10-12)11-19-14-5-6-14/h3-4,7,9-10,14,19H,2,5-6,8,11H2,1H3. The molecule has 1 saturated carbocycles. The van der Waals surface area contributed by atoms with Gasteiger partial charge in [-0.05, 0) is 25.3 Å². The van der Waals surface area contributed by atoms with Gasteiger partial charge in [0.15, 0.2) is 0 Å². The zero-order chi connectivity index (χ0) is 13.9. The van der Waals surface area contributed by atoms with E-state index in [-0.39, 0.29) is 5.82 Å². The molecule has 0 spiro atoms. The van der Waals surface area contributed by atoms with Crippen LogP contribution >= 0.6 is 0 Å². The second-order valence-electron chi connectivity index (χ2n) is 5.41. The molecule has 1 fully saturated rings. The highest BCUT2D eigenvalue weighted by Gasteiger charge is 2.20. The molecule has 0 bridgehead atoms. The minimum absolute atomic E-state index is 0.151. The van der Waals surface area contributed by atoms with Crippen LogP contribution in [0.3, 0.4) is 0 Å². The predicted molar refractivity (Wildman–Crippen MR) is 77.8 cm³/mol. The number of aromatic nitrogens is 2. The molecule has 1 aliphatic carbocycles. The summed E-state index contributed by atoms with van der Waals surface area (Å²) in [6.07, 6.45) is 7.18. The highest BCUT2D eigenvalue weighted by molar-refractivity contribution is 5.56. The minimum Gasteiger partial charge on any atom is -0.331 e. The van der Waals surface area contributed by atoms with Crippen LogP contribution in [0.15, 0.2) is 30.6 Å². The molecule has 1 aromatic heterocycles. The van der Waals surface area contributed by atoms with E-state index < -0.39 is 0 Å². The lowest BCUT2D eigenvalue weighted by Crippen LogP contribution is -2.16. The number of hydrogen-bond donors (Lipinski definition) is 1. The summed E-state index contributed by atoms with van der Waals surface area (Å²) in [4.78, 5) is 4.34. The summed E-state index contributed by atoms with van der Waals surface area (Å²) in [5.41, 5.74) is 1.57. The highest BCUT2D eigenvalue weighted by atomic mass is 19.1. The van der Waals surface area contributed by atoms with E-state index in [0.29, 0.717) is 12.6 Å².